The maximum Gasteiger partial charge on any atom is 0.0541 e. The lowest BCUT2D eigenvalue weighted by atomic mass is 9.94. The number of nitrogens with two attached hydrogens (primary N) is 1. The molecule has 0 spiro atoms. The topological polar surface area (TPSA) is 46.2 Å². The van der Waals surface area contributed by atoms with Crippen LogP contribution < -0.4 is 5.73 Å². The third kappa shape index (κ3) is 3.64. The van der Waals surface area contributed by atoms with Crippen LogP contribution in [-0.2, 0) is 0 Å². The van der Waals surface area contributed by atoms with Crippen LogP contribution in [0.4, 0.5) is 0 Å². The first-order valence-corrected chi connectivity index (χ1v) is 3.72. The van der Waals surface area contributed by atoms with Crippen LogP contribution in [0.1, 0.15) is 25.7 Å². The first-order valence-electron chi connectivity index (χ1n) is 3.72. The van der Waals surface area contributed by atoms with E-state index >= 15 is 0 Å². The molecule has 1 fully saturated rings. The molecular weight excluding hydrogens is 126 g/mol. The van der Waals surface area contributed by atoms with Crippen molar-refractivity contribution in [3.8, 4) is 0 Å². The van der Waals surface area contributed by atoms with E-state index in [9.17, 15) is 0 Å². The summed E-state index contributed by atoms with van der Waals surface area (Å²) in [7, 11) is 0. The van der Waals surface area contributed by atoms with Crippen molar-refractivity contribution in [2.24, 2.45) is 5.73 Å². The lowest BCUT2D eigenvalue weighted by Crippen LogP contribution is -2.28. The van der Waals surface area contributed by atoms with Crippen LogP contribution in [-0.4, -0.2) is 17.3 Å². The van der Waals surface area contributed by atoms with Crippen molar-refractivity contribution in [3.05, 3.63) is 13.2 Å². The molecule has 0 bridgehead atoms. The fraction of sp³-hybridized carbons (Fsp3) is 0.750. The Kier molecular flexibility index (Phi) is 5.26. The molecular formula is C8H17NO. The van der Waals surface area contributed by atoms with E-state index in [-0.39, 0.29) is 6.10 Å². The molecule has 2 nitrogen and oxygen atoms in total. The highest BCUT2D eigenvalue weighted by Crippen LogP contribution is 2.15. The Morgan fingerprint density at radius 2 is 1.50 bits per heavy atom. The van der Waals surface area contributed by atoms with E-state index in [2.05, 4.69) is 13.2 Å². The Hall–Kier alpha value is -0.340. The van der Waals surface area contributed by atoms with Crippen LogP contribution in [0.15, 0.2) is 13.2 Å². The summed E-state index contributed by atoms with van der Waals surface area (Å²) in [5, 5.41) is 8.97. The first kappa shape index (κ1) is 9.66. The predicted molar refractivity (Wildman–Crippen MR) is 43.7 cm³/mol. The average Bonchev–Trinajstić information content (AvgIpc) is 2.00. The zero-order chi connectivity index (χ0) is 7.98. The summed E-state index contributed by atoms with van der Waals surface area (Å²) in [6.45, 7) is 6.00. The van der Waals surface area contributed by atoms with Crippen molar-refractivity contribution in [1.82, 2.24) is 0 Å². The third-order valence-electron chi connectivity index (χ3n) is 1.74. The fourth-order valence-electron chi connectivity index (χ4n) is 1.10. The molecule has 1 aliphatic rings. The van der Waals surface area contributed by atoms with Gasteiger partial charge < -0.3 is 10.8 Å². The summed E-state index contributed by atoms with van der Waals surface area (Å²) >= 11 is 0. The number of hydrogen-bond acceptors (Lipinski definition) is 2. The maximum absolute atomic E-state index is 8.97. The molecule has 1 rings (SSSR count). The molecule has 10 heavy (non-hydrogen) atoms. The fourth-order valence-corrected chi connectivity index (χ4v) is 1.10. The SMILES string of the molecule is C=C.NC1CCC(O)CC1. The lowest BCUT2D eigenvalue weighted by molar-refractivity contribution is 0.123. The van der Waals surface area contributed by atoms with Gasteiger partial charge in [-0.3, -0.25) is 0 Å². The van der Waals surface area contributed by atoms with Crippen LogP contribution in [0.3, 0.4) is 0 Å². The summed E-state index contributed by atoms with van der Waals surface area (Å²) in [5.41, 5.74) is 5.59. The molecule has 2 heteroatoms. The second-order valence-electron chi connectivity index (χ2n) is 2.57. The molecule has 0 aromatic carbocycles. The van der Waals surface area contributed by atoms with Crippen molar-refractivity contribution < 1.29 is 5.11 Å². The number of hydrogen-bond donors (Lipinski definition) is 2. The van der Waals surface area contributed by atoms with E-state index in [0.29, 0.717) is 6.04 Å². The average molecular weight is 143 g/mol. The summed E-state index contributed by atoms with van der Waals surface area (Å²) in [4.78, 5) is 0. The molecule has 60 valence electrons. The van der Waals surface area contributed by atoms with Gasteiger partial charge in [-0.15, -0.1) is 13.2 Å². The molecule has 1 saturated carbocycles. The second-order valence-corrected chi connectivity index (χ2v) is 2.57. The van der Waals surface area contributed by atoms with Crippen LogP contribution in [0.5, 0.6) is 0 Å². The minimum atomic E-state index is -0.0604. The van der Waals surface area contributed by atoms with Gasteiger partial charge in [0.05, 0.1) is 6.10 Å². The highest BCUT2D eigenvalue weighted by Gasteiger charge is 2.14. The third-order valence-corrected chi connectivity index (χ3v) is 1.74. The monoisotopic (exact) mass is 143 g/mol. The molecule has 1 aliphatic carbocycles. The Morgan fingerprint density at radius 1 is 1.10 bits per heavy atom. The highest BCUT2D eigenvalue weighted by atomic mass is 16.3. The van der Waals surface area contributed by atoms with Crippen LogP contribution in [0, 0.1) is 0 Å². The minimum Gasteiger partial charge on any atom is -0.393 e. The van der Waals surface area contributed by atoms with E-state index in [4.69, 9.17) is 10.8 Å². The van der Waals surface area contributed by atoms with Gasteiger partial charge in [0.2, 0.25) is 0 Å². The smallest absolute Gasteiger partial charge is 0.0541 e. The Bertz CT molecular complexity index is 67.3. The molecule has 0 atom stereocenters. The molecule has 0 aromatic rings. The van der Waals surface area contributed by atoms with Gasteiger partial charge in [-0.25, -0.2) is 0 Å². The standard InChI is InChI=1S/C6H13NO.C2H4/c7-5-1-3-6(8)4-2-5;1-2/h5-6,8H,1-4,7H2;1-2H2. The molecule has 0 unspecified atom stereocenters. The van der Waals surface area contributed by atoms with E-state index in [1.165, 1.54) is 0 Å². The summed E-state index contributed by atoms with van der Waals surface area (Å²) in [6.07, 6.45) is 3.75. The molecule has 0 amide bonds. The van der Waals surface area contributed by atoms with Gasteiger partial charge in [0.15, 0.2) is 0 Å². The van der Waals surface area contributed by atoms with Gasteiger partial charge in [0.25, 0.3) is 0 Å². The first-order chi connectivity index (χ1) is 4.79. The Balaban J connectivity index is 0.000000371. The summed E-state index contributed by atoms with van der Waals surface area (Å²) in [6, 6.07) is 0.360. The van der Waals surface area contributed by atoms with Gasteiger partial charge in [-0.2, -0.15) is 0 Å². The summed E-state index contributed by atoms with van der Waals surface area (Å²) < 4.78 is 0. The van der Waals surface area contributed by atoms with Gasteiger partial charge in [0, 0.05) is 6.04 Å². The quantitative estimate of drug-likeness (QED) is 0.498. The lowest BCUT2D eigenvalue weighted by Gasteiger charge is -2.21. The Labute approximate surface area is 62.7 Å². The van der Waals surface area contributed by atoms with Gasteiger partial charge in [-0.1, -0.05) is 0 Å². The molecule has 0 aliphatic heterocycles. The van der Waals surface area contributed by atoms with Crippen molar-refractivity contribution in [2.75, 3.05) is 0 Å². The zero-order valence-electron chi connectivity index (χ0n) is 6.42. The molecule has 3 N–H and O–H groups in total. The molecule has 0 aromatic heterocycles. The second kappa shape index (κ2) is 5.45. The molecule has 0 saturated heterocycles. The van der Waals surface area contributed by atoms with Crippen LogP contribution >= 0.6 is 0 Å². The number of rotatable bonds is 0. The zero-order valence-corrected chi connectivity index (χ0v) is 6.42. The largest absolute Gasteiger partial charge is 0.393 e. The molecule has 0 radical (unpaired) electrons. The van der Waals surface area contributed by atoms with Gasteiger partial charge >= 0.3 is 0 Å². The minimum absolute atomic E-state index is 0.0604. The van der Waals surface area contributed by atoms with Crippen LogP contribution in [0.25, 0.3) is 0 Å². The normalized spacial score (nSPS) is 32.2. The summed E-state index contributed by atoms with van der Waals surface area (Å²) in [5.74, 6) is 0. The van der Waals surface area contributed by atoms with E-state index in [1.54, 1.807) is 0 Å². The Morgan fingerprint density at radius 3 is 1.80 bits per heavy atom. The highest BCUT2D eigenvalue weighted by molar-refractivity contribution is 4.72. The van der Waals surface area contributed by atoms with Crippen molar-refractivity contribution in [3.63, 3.8) is 0 Å². The van der Waals surface area contributed by atoms with Gasteiger partial charge in [-0.05, 0) is 25.7 Å². The van der Waals surface area contributed by atoms with Crippen molar-refractivity contribution >= 4 is 0 Å². The van der Waals surface area contributed by atoms with E-state index in [0.717, 1.165) is 25.7 Å². The predicted octanol–water partition coefficient (Wildman–Crippen LogP) is 1.05. The molecule has 0 heterocycles. The van der Waals surface area contributed by atoms with Crippen LogP contribution in [0.2, 0.25) is 0 Å². The van der Waals surface area contributed by atoms with E-state index in [1.807, 2.05) is 0 Å². The number of aliphatic hydroxyl groups excluding tert-OH is 1. The van der Waals surface area contributed by atoms with Crippen molar-refractivity contribution in [2.45, 2.75) is 37.8 Å². The maximum atomic E-state index is 8.97. The van der Waals surface area contributed by atoms with E-state index < -0.39 is 0 Å². The van der Waals surface area contributed by atoms with Crippen molar-refractivity contribution in [1.29, 1.82) is 0 Å². The van der Waals surface area contributed by atoms with Gasteiger partial charge in [0.1, 0.15) is 0 Å². The number of aliphatic hydroxyl groups is 1.